The van der Waals surface area contributed by atoms with E-state index in [-0.39, 0.29) is 33.7 Å². The number of hydrogen-bond donors (Lipinski definition) is 2. The fourth-order valence-electron chi connectivity index (χ4n) is 2.98. The van der Waals surface area contributed by atoms with Gasteiger partial charge in [-0.25, -0.2) is 0 Å². The molecule has 4 aromatic rings. The molecule has 0 saturated heterocycles. The molecule has 0 bridgehead atoms. The van der Waals surface area contributed by atoms with Crippen LogP contribution < -0.4 is 15.5 Å². The molecule has 7 nitrogen and oxygen atoms in total. The largest absolute Gasteiger partial charge is 0.573 e. The number of aromatic nitrogens is 2. The molecule has 2 aromatic carbocycles. The first kappa shape index (κ1) is 20.4. The first-order chi connectivity index (χ1) is 14.8. The topological polar surface area (TPSA) is 97.5 Å². The van der Waals surface area contributed by atoms with Crippen LogP contribution in [-0.4, -0.2) is 21.4 Å². The normalized spacial score (nSPS) is 12.5. The third-order valence-electron chi connectivity index (χ3n) is 4.29. The van der Waals surface area contributed by atoms with Gasteiger partial charge in [0.25, 0.3) is 0 Å². The highest BCUT2D eigenvalue weighted by Gasteiger charge is 2.32. The fourth-order valence-corrected chi connectivity index (χ4v) is 2.98. The van der Waals surface area contributed by atoms with E-state index in [1.54, 1.807) is 12.1 Å². The Balaban J connectivity index is 1.80. The van der Waals surface area contributed by atoms with E-state index in [4.69, 9.17) is 4.42 Å². The molecule has 0 radical (unpaired) electrons. The molecular weight excluding hydrogens is 415 g/mol. The summed E-state index contributed by atoms with van der Waals surface area (Å²) in [6.45, 7) is 0. The zero-order valence-corrected chi connectivity index (χ0v) is 15.6. The highest BCUT2D eigenvalue weighted by molar-refractivity contribution is 5.90. The Morgan fingerprint density at radius 3 is 2.65 bits per heavy atom. The second-order valence-corrected chi connectivity index (χ2v) is 6.38. The molecule has 4 rings (SSSR count). The van der Waals surface area contributed by atoms with Crippen LogP contribution in [0.2, 0.25) is 0 Å². The molecule has 0 fully saturated rings. The van der Waals surface area contributed by atoms with Crippen molar-refractivity contribution in [2.75, 3.05) is 5.32 Å². The molecule has 2 heterocycles. The maximum absolute atomic E-state index is 12.8. The molecule has 1 atom stereocenters. The number of ether oxygens (including phenoxy) is 1. The van der Waals surface area contributed by atoms with Gasteiger partial charge in [-0.05, 0) is 24.3 Å². The Morgan fingerprint density at radius 2 is 1.90 bits per heavy atom. The lowest BCUT2D eigenvalue weighted by molar-refractivity contribution is -0.274. The summed E-state index contributed by atoms with van der Waals surface area (Å²) in [4.78, 5) is 20.5. The molecule has 31 heavy (non-hydrogen) atoms. The summed E-state index contributed by atoms with van der Waals surface area (Å²) in [5.41, 5.74) is -0.0145. The van der Waals surface area contributed by atoms with E-state index < -0.39 is 23.8 Å². The van der Waals surface area contributed by atoms with Crippen LogP contribution in [0.1, 0.15) is 11.9 Å². The smallest absolute Gasteiger partial charge is 0.453 e. The summed E-state index contributed by atoms with van der Waals surface area (Å²) in [5, 5.41) is 13.3. The van der Waals surface area contributed by atoms with E-state index >= 15 is 0 Å². The molecule has 0 spiro atoms. The second-order valence-electron chi connectivity index (χ2n) is 6.38. The highest BCUT2D eigenvalue weighted by Crippen LogP contribution is 2.35. The standard InChI is InChI=1S/C21H14F3N3O4/c22-21(23,24)31-17-7-2-1-4-13(17)18-10-16(28)12-5-3-6-14(19(12)30-18)27-20(29)15-11-25-8-9-26-15/h1-11,20,27,29H. The Bertz CT molecular complexity index is 1280. The quantitative estimate of drug-likeness (QED) is 0.458. The Kier molecular flexibility index (Phi) is 5.30. The maximum atomic E-state index is 12.8. The minimum Gasteiger partial charge on any atom is -0.453 e. The van der Waals surface area contributed by atoms with Gasteiger partial charge in [0.2, 0.25) is 0 Å². The van der Waals surface area contributed by atoms with Gasteiger partial charge in [-0.15, -0.1) is 13.2 Å². The van der Waals surface area contributed by atoms with Gasteiger partial charge >= 0.3 is 6.36 Å². The third kappa shape index (κ3) is 4.48. The number of alkyl halides is 3. The SMILES string of the molecule is O=c1cc(-c2ccccc2OC(F)(F)F)oc2c(NC(O)c3cnccn3)cccc12. The van der Waals surface area contributed by atoms with Crippen LogP contribution in [0.4, 0.5) is 18.9 Å². The summed E-state index contributed by atoms with van der Waals surface area (Å²) in [7, 11) is 0. The Labute approximate surface area is 172 Å². The molecule has 1 unspecified atom stereocenters. The van der Waals surface area contributed by atoms with Crippen molar-refractivity contribution < 1.29 is 27.4 Å². The number of rotatable bonds is 5. The van der Waals surface area contributed by atoms with Crippen molar-refractivity contribution in [3.05, 3.63) is 83.0 Å². The summed E-state index contributed by atoms with van der Waals surface area (Å²) >= 11 is 0. The molecule has 0 amide bonds. The molecule has 10 heteroatoms. The van der Waals surface area contributed by atoms with Crippen LogP contribution in [-0.2, 0) is 0 Å². The first-order valence-electron chi connectivity index (χ1n) is 8.94. The van der Waals surface area contributed by atoms with Crippen molar-refractivity contribution in [2.24, 2.45) is 0 Å². The molecule has 0 aliphatic heterocycles. The van der Waals surface area contributed by atoms with E-state index in [1.165, 1.54) is 42.9 Å². The average Bonchev–Trinajstić information content (AvgIpc) is 2.74. The molecule has 2 N–H and O–H groups in total. The predicted molar refractivity (Wildman–Crippen MR) is 105 cm³/mol. The maximum Gasteiger partial charge on any atom is 0.573 e. The van der Waals surface area contributed by atoms with Crippen LogP contribution in [0, 0.1) is 0 Å². The monoisotopic (exact) mass is 429 g/mol. The number of nitrogens with zero attached hydrogens (tertiary/aromatic N) is 2. The van der Waals surface area contributed by atoms with Crippen molar-refractivity contribution in [3.8, 4) is 17.1 Å². The summed E-state index contributed by atoms with van der Waals surface area (Å²) in [6.07, 6.45) is -1.98. The van der Waals surface area contributed by atoms with Crippen LogP contribution in [0.25, 0.3) is 22.3 Å². The van der Waals surface area contributed by atoms with Crippen LogP contribution in [0.15, 0.2) is 76.3 Å². The Morgan fingerprint density at radius 1 is 1.10 bits per heavy atom. The number of halogens is 3. The number of fused-ring (bicyclic) bond motifs is 1. The average molecular weight is 429 g/mol. The van der Waals surface area contributed by atoms with Gasteiger partial charge in [0.05, 0.1) is 22.8 Å². The lowest BCUT2D eigenvalue weighted by Gasteiger charge is -2.16. The zero-order valence-electron chi connectivity index (χ0n) is 15.6. The van der Waals surface area contributed by atoms with Crippen molar-refractivity contribution in [2.45, 2.75) is 12.6 Å². The highest BCUT2D eigenvalue weighted by atomic mass is 19.4. The fraction of sp³-hybridized carbons (Fsp3) is 0.0952. The number of benzene rings is 2. The second kappa shape index (κ2) is 8.07. The molecular formula is C21H14F3N3O4. The van der Waals surface area contributed by atoms with Crippen molar-refractivity contribution in [3.63, 3.8) is 0 Å². The number of hydrogen-bond acceptors (Lipinski definition) is 7. The van der Waals surface area contributed by atoms with Crippen molar-refractivity contribution >= 4 is 16.7 Å². The van der Waals surface area contributed by atoms with Crippen LogP contribution in [0.5, 0.6) is 5.75 Å². The van der Waals surface area contributed by atoms with Gasteiger partial charge in [0.15, 0.2) is 17.2 Å². The molecule has 2 aromatic heterocycles. The number of aliphatic hydroxyl groups excluding tert-OH is 1. The number of anilines is 1. The number of para-hydroxylation sites is 2. The van der Waals surface area contributed by atoms with E-state index in [1.807, 2.05) is 0 Å². The van der Waals surface area contributed by atoms with E-state index in [9.17, 15) is 23.1 Å². The molecule has 0 saturated carbocycles. The van der Waals surface area contributed by atoms with E-state index in [2.05, 4.69) is 20.0 Å². The Hall–Kier alpha value is -3.92. The summed E-state index contributed by atoms with van der Waals surface area (Å²) < 4.78 is 48.2. The summed E-state index contributed by atoms with van der Waals surface area (Å²) in [5.74, 6) is -0.636. The number of aliphatic hydroxyl groups is 1. The lowest BCUT2D eigenvalue weighted by atomic mass is 10.1. The van der Waals surface area contributed by atoms with Crippen molar-refractivity contribution in [1.29, 1.82) is 0 Å². The van der Waals surface area contributed by atoms with Crippen LogP contribution >= 0.6 is 0 Å². The van der Waals surface area contributed by atoms with Gasteiger partial charge in [0, 0.05) is 18.5 Å². The lowest BCUT2D eigenvalue weighted by Crippen LogP contribution is -2.17. The minimum absolute atomic E-state index is 0.0507. The summed E-state index contributed by atoms with van der Waals surface area (Å²) in [6, 6.07) is 11.0. The molecule has 158 valence electrons. The molecule has 0 aliphatic carbocycles. The van der Waals surface area contributed by atoms with E-state index in [0.29, 0.717) is 0 Å². The van der Waals surface area contributed by atoms with Gasteiger partial charge in [-0.3, -0.25) is 14.8 Å². The predicted octanol–water partition coefficient (Wildman–Crippen LogP) is 4.25. The first-order valence-corrected chi connectivity index (χ1v) is 8.94. The number of nitrogens with one attached hydrogen (secondary N) is 1. The van der Waals surface area contributed by atoms with E-state index in [0.717, 1.165) is 12.1 Å². The minimum atomic E-state index is -4.92. The van der Waals surface area contributed by atoms with Gasteiger partial charge < -0.3 is 19.6 Å². The van der Waals surface area contributed by atoms with Gasteiger partial charge in [-0.2, -0.15) is 0 Å². The third-order valence-corrected chi connectivity index (χ3v) is 4.29. The van der Waals surface area contributed by atoms with Crippen molar-refractivity contribution in [1.82, 2.24) is 9.97 Å². The van der Waals surface area contributed by atoms with Crippen LogP contribution in [0.3, 0.4) is 0 Å². The molecule has 0 aliphatic rings. The zero-order chi connectivity index (χ0) is 22.0. The van der Waals surface area contributed by atoms with Gasteiger partial charge in [0.1, 0.15) is 17.2 Å². The van der Waals surface area contributed by atoms with Gasteiger partial charge in [-0.1, -0.05) is 18.2 Å².